The number of para-hydroxylation sites is 1. The fourth-order valence-corrected chi connectivity index (χ4v) is 3.54. The molecule has 0 radical (unpaired) electrons. The van der Waals surface area contributed by atoms with Crippen molar-refractivity contribution < 1.29 is 14.0 Å². The summed E-state index contributed by atoms with van der Waals surface area (Å²) in [5.41, 5.74) is 2.10. The number of nitrogens with one attached hydrogen (secondary N) is 1. The second-order valence-electron chi connectivity index (χ2n) is 6.15. The summed E-state index contributed by atoms with van der Waals surface area (Å²) >= 11 is 7.23. The molecule has 0 saturated heterocycles. The Morgan fingerprint density at radius 1 is 1.24 bits per heavy atom. The number of carbonyl (C=O) groups is 2. The smallest absolute Gasteiger partial charge is 0.248 e. The molecule has 0 atom stereocenters. The van der Waals surface area contributed by atoms with Crippen LogP contribution in [0.25, 0.3) is 6.08 Å². The molecular weight excluding hydrogens is 413 g/mol. The zero-order chi connectivity index (χ0) is 21.0. The van der Waals surface area contributed by atoms with Crippen LogP contribution < -0.4 is 10.2 Å². The van der Waals surface area contributed by atoms with E-state index in [0.29, 0.717) is 21.5 Å². The molecule has 8 heteroatoms. The summed E-state index contributed by atoms with van der Waals surface area (Å²) < 4.78 is 14.1. The van der Waals surface area contributed by atoms with Crippen LogP contribution in [0.3, 0.4) is 0 Å². The van der Waals surface area contributed by atoms with Gasteiger partial charge in [-0.05, 0) is 42.8 Å². The van der Waals surface area contributed by atoms with Crippen LogP contribution in [0.15, 0.2) is 53.9 Å². The van der Waals surface area contributed by atoms with Gasteiger partial charge in [-0.3, -0.25) is 14.5 Å². The van der Waals surface area contributed by atoms with Crippen molar-refractivity contribution in [2.24, 2.45) is 0 Å². The van der Waals surface area contributed by atoms with E-state index in [1.807, 2.05) is 13.0 Å². The zero-order valence-corrected chi connectivity index (χ0v) is 17.2. The minimum atomic E-state index is -0.522. The highest BCUT2D eigenvalue weighted by Gasteiger charge is 2.20. The van der Waals surface area contributed by atoms with Gasteiger partial charge >= 0.3 is 0 Å². The Morgan fingerprint density at radius 3 is 2.69 bits per heavy atom. The molecule has 1 N–H and O–H groups in total. The van der Waals surface area contributed by atoms with Gasteiger partial charge in [0.15, 0.2) is 5.13 Å². The largest absolute Gasteiger partial charge is 0.322 e. The number of aryl methyl sites for hydroxylation is 1. The lowest BCUT2D eigenvalue weighted by Crippen LogP contribution is -2.23. The molecule has 2 aromatic carbocycles. The van der Waals surface area contributed by atoms with Crippen LogP contribution in [0.1, 0.15) is 18.2 Å². The quantitative estimate of drug-likeness (QED) is 0.538. The normalized spacial score (nSPS) is 10.9. The van der Waals surface area contributed by atoms with Crippen LogP contribution in [0.4, 0.5) is 20.9 Å². The molecule has 2 amide bonds. The zero-order valence-electron chi connectivity index (χ0n) is 15.6. The Labute approximate surface area is 176 Å². The van der Waals surface area contributed by atoms with Crippen LogP contribution in [0.2, 0.25) is 5.02 Å². The highest BCUT2D eigenvalue weighted by Crippen LogP contribution is 2.31. The molecular formula is C21H17ClFN3O2S. The summed E-state index contributed by atoms with van der Waals surface area (Å²) in [5.74, 6) is -1.24. The van der Waals surface area contributed by atoms with Crippen LogP contribution in [0.5, 0.6) is 0 Å². The predicted octanol–water partition coefficient (Wildman–Crippen LogP) is 5.58. The van der Waals surface area contributed by atoms with Crippen LogP contribution in [0, 0.1) is 12.7 Å². The van der Waals surface area contributed by atoms with Gasteiger partial charge in [0, 0.05) is 29.1 Å². The number of hydrogen-bond donors (Lipinski definition) is 1. The maximum absolute atomic E-state index is 14.1. The number of rotatable bonds is 5. The standard InChI is InChI=1S/C21H17ClFN3O2S/c1-13-7-8-15(11-17(13)22)24-20(28)10-9-16-12-29-21(25-16)26(14(2)27)19-6-4-3-5-18(19)23/h3-12H,1-2H3,(H,24,28)/b10-9+. The minimum absolute atomic E-state index is 0.124. The average molecular weight is 430 g/mol. The number of anilines is 3. The van der Waals surface area contributed by atoms with Crippen LogP contribution in [-0.2, 0) is 9.59 Å². The maximum Gasteiger partial charge on any atom is 0.248 e. The average Bonchev–Trinajstić information content (AvgIpc) is 3.13. The molecule has 0 fully saturated rings. The first kappa shape index (κ1) is 20.7. The number of hydrogen-bond acceptors (Lipinski definition) is 4. The van der Waals surface area contributed by atoms with E-state index < -0.39 is 5.82 Å². The van der Waals surface area contributed by atoms with Crippen molar-refractivity contribution in [3.63, 3.8) is 0 Å². The van der Waals surface area contributed by atoms with Gasteiger partial charge in [0.25, 0.3) is 0 Å². The molecule has 3 aromatic rings. The molecule has 5 nitrogen and oxygen atoms in total. The van der Waals surface area contributed by atoms with E-state index >= 15 is 0 Å². The van der Waals surface area contributed by atoms with E-state index in [9.17, 15) is 14.0 Å². The fraction of sp³-hybridized carbons (Fsp3) is 0.0952. The third-order valence-corrected chi connectivity index (χ3v) is 5.21. The van der Waals surface area contributed by atoms with Crippen LogP contribution in [-0.4, -0.2) is 16.8 Å². The van der Waals surface area contributed by atoms with E-state index in [1.165, 1.54) is 47.4 Å². The molecule has 29 heavy (non-hydrogen) atoms. The third kappa shape index (κ3) is 5.07. The molecule has 3 rings (SSSR count). The monoisotopic (exact) mass is 429 g/mol. The Bertz CT molecular complexity index is 1100. The first-order valence-corrected chi connectivity index (χ1v) is 9.87. The van der Waals surface area contributed by atoms with E-state index in [-0.39, 0.29) is 17.5 Å². The second-order valence-corrected chi connectivity index (χ2v) is 7.39. The number of halogens is 2. The highest BCUT2D eigenvalue weighted by molar-refractivity contribution is 7.14. The van der Waals surface area contributed by atoms with Crippen molar-refractivity contribution in [1.29, 1.82) is 0 Å². The first-order valence-electron chi connectivity index (χ1n) is 8.61. The van der Waals surface area contributed by atoms with E-state index in [2.05, 4.69) is 10.3 Å². The second kappa shape index (κ2) is 8.98. The molecule has 0 aliphatic rings. The van der Waals surface area contributed by atoms with Gasteiger partial charge in [0.05, 0.1) is 11.4 Å². The van der Waals surface area contributed by atoms with Crippen molar-refractivity contribution in [1.82, 2.24) is 4.98 Å². The fourth-order valence-electron chi connectivity index (χ4n) is 2.51. The lowest BCUT2D eigenvalue weighted by molar-refractivity contribution is -0.116. The van der Waals surface area contributed by atoms with Gasteiger partial charge in [-0.25, -0.2) is 9.37 Å². The summed E-state index contributed by atoms with van der Waals surface area (Å²) in [5, 5.41) is 5.27. The van der Waals surface area contributed by atoms with E-state index in [0.717, 1.165) is 5.56 Å². The van der Waals surface area contributed by atoms with Crippen molar-refractivity contribution >= 4 is 57.3 Å². The summed E-state index contributed by atoms with van der Waals surface area (Å²) in [6.07, 6.45) is 2.85. The van der Waals surface area contributed by atoms with Crippen LogP contribution >= 0.6 is 22.9 Å². The van der Waals surface area contributed by atoms with Gasteiger partial charge in [-0.15, -0.1) is 11.3 Å². The Morgan fingerprint density at radius 2 is 2.00 bits per heavy atom. The number of benzene rings is 2. The van der Waals surface area contributed by atoms with Gasteiger partial charge in [0.2, 0.25) is 11.8 Å². The molecule has 0 saturated carbocycles. The lowest BCUT2D eigenvalue weighted by Gasteiger charge is -2.18. The summed E-state index contributed by atoms with van der Waals surface area (Å²) in [7, 11) is 0. The Balaban J connectivity index is 1.74. The molecule has 0 spiro atoms. The number of nitrogens with zero attached hydrogens (tertiary/aromatic N) is 2. The van der Waals surface area contributed by atoms with E-state index in [4.69, 9.17) is 11.6 Å². The highest BCUT2D eigenvalue weighted by atomic mass is 35.5. The van der Waals surface area contributed by atoms with Crippen molar-refractivity contribution in [3.05, 3.63) is 76.0 Å². The number of carbonyl (C=O) groups excluding carboxylic acids is 2. The molecule has 148 valence electrons. The van der Waals surface area contributed by atoms with Crippen molar-refractivity contribution in [2.75, 3.05) is 10.2 Å². The number of amides is 2. The number of thiazole rings is 1. The lowest BCUT2D eigenvalue weighted by atomic mass is 10.2. The molecule has 0 bridgehead atoms. The minimum Gasteiger partial charge on any atom is -0.322 e. The SMILES string of the molecule is CC(=O)N(c1nc(/C=C/C(=O)Nc2ccc(C)c(Cl)c2)cs1)c1ccccc1F. The first-order chi connectivity index (χ1) is 13.8. The predicted molar refractivity (Wildman–Crippen MR) is 115 cm³/mol. The molecule has 1 heterocycles. The Hall–Kier alpha value is -3.03. The molecule has 0 aliphatic carbocycles. The summed E-state index contributed by atoms with van der Waals surface area (Å²) in [6, 6.07) is 11.2. The van der Waals surface area contributed by atoms with Gasteiger partial charge in [-0.1, -0.05) is 29.8 Å². The summed E-state index contributed by atoms with van der Waals surface area (Å²) in [6.45, 7) is 3.21. The van der Waals surface area contributed by atoms with Gasteiger partial charge < -0.3 is 5.32 Å². The Kier molecular flexibility index (Phi) is 6.41. The van der Waals surface area contributed by atoms with E-state index in [1.54, 1.807) is 29.6 Å². The van der Waals surface area contributed by atoms with Gasteiger partial charge in [-0.2, -0.15) is 0 Å². The number of aromatic nitrogens is 1. The topological polar surface area (TPSA) is 62.3 Å². The van der Waals surface area contributed by atoms with Crippen molar-refractivity contribution in [2.45, 2.75) is 13.8 Å². The molecule has 0 aliphatic heterocycles. The molecule has 0 unspecified atom stereocenters. The summed E-state index contributed by atoms with van der Waals surface area (Å²) in [4.78, 5) is 29.7. The van der Waals surface area contributed by atoms with Crippen molar-refractivity contribution in [3.8, 4) is 0 Å². The molecule has 1 aromatic heterocycles. The maximum atomic E-state index is 14.1. The van der Waals surface area contributed by atoms with Gasteiger partial charge in [0.1, 0.15) is 5.82 Å². The third-order valence-electron chi connectivity index (χ3n) is 3.95.